The standard InChI is InChI=1S/C14H12ClF3N4O4S2/c1-2-25-9(23)5-27-13-22-21-12(28-13)20-10(24)7-3-8(15)11(19-4-7)26-6-14(16,17)18/h3-4H,2,5-6H2,1H3,(H,20,21,24). The summed E-state index contributed by atoms with van der Waals surface area (Å²) >= 11 is 7.93. The highest BCUT2D eigenvalue weighted by Gasteiger charge is 2.29. The monoisotopic (exact) mass is 456 g/mol. The van der Waals surface area contributed by atoms with E-state index in [1.807, 2.05) is 0 Å². The maximum atomic E-state index is 12.2. The van der Waals surface area contributed by atoms with Gasteiger partial charge in [-0.05, 0) is 13.0 Å². The summed E-state index contributed by atoms with van der Waals surface area (Å²) in [6, 6.07) is 1.12. The van der Waals surface area contributed by atoms with Crippen molar-refractivity contribution in [2.75, 3.05) is 24.3 Å². The molecule has 0 aliphatic carbocycles. The third kappa shape index (κ3) is 7.13. The van der Waals surface area contributed by atoms with E-state index in [-0.39, 0.29) is 28.1 Å². The number of alkyl halides is 3. The van der Waals surface area contributed by atoms with Crippen LogP contribution in [-0.2, 0) is 9.53 Å². The predicted octanol–water partition coefficient (Wildman–Crippen LogP) is 3.44. The van der Waals surface area contributed by atoms with Crippen molar-refractivity contribution >= 4 is 51.7 Å². The smallest absolute Gasteiger partial charge is 0.422 e. The maximum Gasteiger partial charge on any atom is 0.422 e. The SMILES string of the molecule is CCOC(=O)CSc1nnc(NC(=O)c2cnc(OCC(F)(F)F)c(Cl)c2)s1. The van der Waals surface area contributed by atoms with Gasteiger partial charge in [0.15, 0.2) is 10.9 Å². The first-order valence-electron chi connectivity index (χ1n) is 7.46. The van der Waals surface area contributed by atoms with E-state index < -0.39 is 30.5 Å². The fraction of sp³-hybridized carbons (Fsp3) is 0.357. The Morgan fingerprint density at radius 2 is 2.11 bits per heavy atom. The van der Waals surface area contributed by atoms with E-state index in [4.69, 9.17) is 16.3 Å². The zero-order valence-electron chi connectivity index (χ0n) is 14.1. The van der Waals surface area contributed by atoms with Crippen LogP contribution in [0.15, 0.2) is 16.6 Å². The van der Waals surface area contributed by atoms with Crippen LogP contribution in [0, 0.1) is 0 Å². The Labute approximate surface area is 169 Å². The number of esters is 1. The highest BCUT2D eigenvalue weighted by atomic mass is 35.5. The molecule has 1 amide bonds. The van der Waals surface area contributed by atoms with Crippen molar-refractivity contribution in [2.45, 2.75) is 17.4 Å². The summed E-state index contributed by atoms with van der Waals surface area (Å²) in [6.07, 6.45) is -3.52. The molecule has 0 spiro atoms. The van der Waals surface area contributed by atoms with Gasteiger partial charge >= 0.3 is 12.1 Å². The molecular weight excluding hydrogens is 445 g/mol. The van der Waals surface area contributed by atoms with E-state index in [1.165, 1.54) is 0 Å². The Bertz CT molecular complexity index is 850. The zero-order valence-corrected chi connectivity index (χ0v) is 16.5. The molecule has 0 aliphatic rings. The first-order valence-corrected chi connectivity index (χ1v) is 9.64. The molecule has 2 heterocycles. The number of thioether (sulfide) groups is 1. The lowest BCUT2D eigenvalue weighted by molar-refractivity contribution is -0.154. The minimum atomic E-state index is -4.54. The van der Waals surface area contributed by atoms with Gasteiger partial charge in [-0.1, -0.05) is 34.7 Å². The molecule has 0 aliphatic heterocycles. The average molecular weight is 457 g/mol. The molecular formula is C14H12ClF3N4O4S2. The number of nitrogens with zero attached hydrogens (tertiary/aromatic N) is 3. The molecule has 152 valence electrons. The fourth-order valence-electron chi connectivity index (χ4n) is 1.62. The van der Waals surface area contributed by atoms with E-state index in [2.05, 4.69) is 25.2 Å². The van der Waals surface area contributed by atoms with Crippen molar-refractivity contribution in [3.63, 3.8) is 0 Å². The molecule has 2 rings (SSSR count). The molecule has 1 N–H and O–H groups in total. The molecule has 0 bridgehead atoms. The number of rotatable bonds is 8. The lowest BCUT2D eigenvalue weighted by atomic mass is 10.2. The summed E-state index contributed by atoms with van der Waals surface area (Å²) < 4.78 is 46.2. The molecule has 2 aromatic rings. The summed E-state index contributed by atoms with van der Waals surface area (Å²) in [5, 5.41) is 9.94. The number of ether oxygens (including phenoxy) is 2. The fourth-order valence-corrected chi connectivity index (χ4v) is 3.38. The number of carbonyl (C=O) groups excluding carboxylic acids is 2. The Hall–Kier alpha value is -2.12. The van der Waals surface area contributed by atoms with E-state index in [0.29, 0.717) is 4.34 Å². The Morgan fingerprint density at radius 1 is 1.36 bits per heavy atom. The van der Waals surface area contributed by atoms with Crippen molar-refractivity contribution in [3.8, 4) is 5.88 Å². The van der Waals surface area contributed by atoms with Gasteiger partial charge < -0.3 is 9.47 Å². The van der Waals surface area contributed by atoms with Gasteiger partial charge in [0.05, 0.1) is 17.9 Å². The molecule has 0 unspecified atom stereocenters. The summed E-state index contributed by atoms with van der Waals surface area (Å²) in [5.41, 5.74) is -0.0136. The van der Waals surface area contributed by atoms with Crippen LogP contribution < -0.4 is 10.1 Å². The molecule has 0 saturated heterocycles. The molecule has 28 heavy (non-hydrogen) atoms. The van der Waals surface area contributed by atoms with E-state index in [1.54, 1.807) is 6.92 Å². The summed E-state index contributed by atoms with van der Waals surface area (Å²) in [5.74, 6) is -1.43. The number of amides is 1. The Morgan fingerprint density at radius 3 is 2.75 bits per heavy atom. The molecule has 0 atom stereocenters. The number of aromatic nitrogens is 3. The Balaban J connectivity index is 1.94. The van der Waals surface area contributed by atoms with E-state index in [0.717, 1.165) is 35.4 Å². The van der Waals surface area contributed by atoms with Crippen LogP contribution >= 0.6 is 34.7 Å². The van der Waals surface area contributed by atoms with Gasteiger partial charge in [0.25, 0.3) is 5.91 Å². The molecule has 14 heteroatoms. The van der Waals surface area contributed by atoms with Crippen molar-refractivity contribution in [1.29, 1.82) is 0 Å². The third-order valence-corrected chi connectivity index (χ3v) is 4.90. The molecule has 2 aromatic heterocycles. The number of hydrogen-bond acceptors (Lipinski definition) is 9. The molecule has 0 fully saturated rings. The molecule has 8 nitrogen and oxygen atoms in total. The van der Waals surface area contributed by atoms with Crippen LogP contribution in [0.5, 0.6) is 5.88 Å². The van der Waals surface area contributed by atoms with Crippen LogP contribution in [0.2, 0.25) is 5.02 Å². The highest BCUT2D eigenvalue weighted by Crippen LogP contribution is 2.27. The number of carbonyl (C=O) groups is 2. The second kappa shape index (κ2) is 9.89. The third-order valence-electron chi connectivity index (χ3n) is 2.69. The number of halogens is 4. The first kappa shape index (κ1) is 22.2. The summed E-state index contributed by atoms with van der Waals surface area (Å²) in [6.45, 7) is 0.410. The second-order valence-corrected chi connectivity index (χ2v) is 7.44. The van der Waals surface area contributed by atoms with Crippen LogP contribution in [0.3, 0.4) is 0 Å². The lowest BCUT2D eigenvalue weighted by Gasteiger charge is -2.10. The number of anilines is 1. The summed E-state index contributed by atoms with van der Waals surface area (Å²) in [7, 11) is 0. The van der Waals surface area contributed by atoms with Gasteiger partial charge in [0.1, 0.15) is 5.02 Å². The van der Waals surface area contributed by atoms with Gasteiger partial charge in [-0.3, -0.25) is 14.9 Å². The van der Waals surface area contributed by atoms with E-state index >= 15 is 0 Å². The second-order valence-electron chi connectivity index (χ2n) is 4.84. The minimum absolute atomic E-state index is 0.0136. The van der Waals surface area contributed by atoms with Gasteiger partial charge in [-0.25, -0.2) is 4.98 Å². The predicted molar refractivity (Wildman–Crippen MR) is 96.0 cm³/mol. The van der Waals surface area contributed by atoms with Crippen molar-refractivity contribution in [3.05, 3.63) is 22.8 Å². The quantitative estimate of drug-likeness (QED) is 0.366. The lowest BCUT2D eigenvalue weighted by Crippen LogP contribution is -2.20. The number of hydrogen-bond donors (Lipinski definition) is 1. The topological polar surface area (TPSA) is 103 Å². The first-order chi connectivity index (χ1) is 13.2. The molecule has 0 radical (unpaired) electrons. The number of nitrogens with one attached hydrogen (secondary N) is 1. The van der Waals surface area contributed by atoms with Crippen LogP contribution in [-0.4, -0.2) is 52.2 Å². The van der Waals surface area contributed by atoms with Gasteiger partial charge in [0.2, 0.25) is 11.0 Å². The van der Waals surface area contributed by atoms with Crippen LogP contribution in [0.4, 0.5) is 18.3 Å². The molecule has 0 saturated carbocycles. The molecule has 0 aromatic carbocycles. The van der Waals surface area contributed by atoms with Crippen molar-refractivity contribution in [1.82, 2.24) is 15.2 Å². The Kier molecular flexibility index (Phi) is 7.83. The van der Waals surface area contributed by atoms with Gasteiger partial charge in [-0.2, -0.15) is 13.2 Å². The van der Waals surface area contributed by atoms with Crippen LogP contribution in [0.1, 0.15) is 17.3 Å². The zero-order chi connectivity index (χ0) is 20.7. The van der Waals surface area contributed by atoms with Crippen LogP contribution in [0.25, 0.3) is 0 Å². The largest absolute Gasteiger partial charge is 0.467 e. The van der Waals surface area contributed by atoms with Crippen molar-refractivity contribution in [2.24, 2.45) is 0 Å². The van der Waals surface area contributed by atoms with Gasteiger partial charge in [0, 0.05) is 6.20 Å². The number of pyridine rings is 1. The van der Waals surface area contributed by atoms with Crippen molar-refractivity contribution < 1.29 is 32.2 Å². The minimum Gasteiger partial charge on any atom is -0.467 e. The maximum absolute atomic E-state index is 12.2. The highest BCUT2D eigenvalue weighted by molar-refractivity contribution is 8.01. The summed E-state index contributed by atoms with van der Waals surface area (Å²) in [4.78, 5) is 27.1. The average Bonchev–Trinajstić information content (AvgIpc) is 3.05. The normalized spacial score (nSPS) is 11.2. The van der Waals surface area contributed by atoms with Gasteiger partial charge in [-0.15, -0.1) is 10.2 Å². The van der Waals surface area contributed by atoms with E-state index in [9.17, 15) is 22.8 Å².